The van der Waals surface area contributed by atoms with E-state index in [2.05, 4.69) is 5.32 Å². The second-order valence-electron chi connectivity index (χ2n) is 3.27. The summed E-state index contributed by atoms with van der Waals surface area (Å²) in [5.41, 5.74) is 0.676. The Morgan fingerprint density at radius 2 is 2.06 bits per heavy atom. The fraction of sp³-hybridized carbons (Fsp3) is 0.455. The van der Waals surface area contributed by atoms with Gasteiger partial charge >= 0.3 is 0 Å². The number of hydrogen-bond donors (Lipinski definition) is 2. The average molecular weight is 246 g/mol. The molecule has 16 heavy (non-hydrogen) atoms. The smallest absolute Gasteiger partial charge is 0.169 e. The molecule has 0 spiro atoms. The van der Waals surface area contributed by atoms with Crippen LogP contribution in [-0.4, -0.2) is 32.2 Å². The molecule has 0 fully saturated rings. The molecule has 0 aliphatic heterocycles. The van der Waals surface area contributed by atoms with Crippen LogP contribution in [0.15, 0.2) is 18.2 Å². The Balaban J connectivity index is 2.48. The van der Waals surface area contributed by atoms with E-state index in [4.69, 9.17) is 21.1 Å². The minimum absolute atomic E-state index is 0.186. The Morgan fingerprint density at radius 3 is 2.62 bits per heavy atom. The van der Waals surface area contributed by atoms with Gasteiger partial charge in [-0.15, -0.1) is 0 Å². The molecule has 0 amide bonds. The van der Waals surface area contributed by atoms with Crippen LogP contribution in [-0.2, 0) is 16.0 Å². The lowest BCUT2D eigenvalue weighted by Crippen LogP contribution is -2.29. The summed E-state index contributed by atoms with van der Waals surface area (Å²) >= 11 is 5.95. The molecule has 0 atom stereocenters. The van der Waals surface area contributed by atoms with Gasteiger partial charge in [0.2, 0.25) is 0 Å². The molecule has 0 heterocycles. The summed E-state index contributed by atoms with van der Waals surface area (Å²) in [4.78, 5) is 0. The number of rotatable bonds is 6. The molecule has 1 rings (SSSR count). The lowest BCUT2D eigenvalue weighted by Gasteiger charge is -2.14. The first-order chi connectivity index (χ1) is 7.69. The van der Waals surface area contributed by atoms with Crippen LogP contribution in [0.2, 0.25) is 5.02 Å². The third kappa shape index (κ3) is 3.64. The molecule has 0 aliphatic rings. The molecule has 0 radical (unpaired) electrons. The van der Waals surface area contributed by atoms with Gasteiger partial charge in [0, 0.05) is 37.9 Å². The molecule has 1 aromatic rings. The van der Waals surface area contributed by atoms with Crippen molar-refractivity contribution in [3.63, 3.8) is 0 Å². The van der Waals surface area contributed by atoms with E-state index in [-0.39, 0.29) is 12.0 Å². The van der Waals surface area contributed by atoms with Crippen molar-refractivity contribution in [3.05, 3.63) is 28.8 Å². The number of nitrogens with one attached hydrogen (secondary N) is 1. The zero-order chi connectivity index (χ0) is 12.0. The minimum atomic E-state index is -0.301. The molecule has 1 aromatic carbocycles. The SMILES string of the molecule is COC(CNCc1c(O)cccc1Cl)OC. The minimum Gasteiger partial charge on any atom is -0.508 e. The monoisotopic (exact) mass is 245 g/mol. The highest BCUT2D eigenvalue weighted by atomic mass is 35.5. The van der Waals surface area contributed by atoms with E-state index in [1.165, 1.54) is 0 Å². The number of methoxy groups -OCH3 is 2. The number of benzene rings is 1. The van der Waals surface area contributed by atoms with Crippen LogP contribution in [0.5, 0.6) is 5.75 Å². The molecular weight excluding hydrogens is 230 g/mol. The molecular formula is C11H16ClNO3. The van der Waals surface area contributed by atoms with Crippen molar-refractivity contribution >= 4 is 11.6 Å². The van der Waals surface area contributed by atoms with Gasteiger partial charge in [-0.25, -0.2) is 0 Å². The van der Waals surface area contributed by atoms with E-state index < -0.39 is 0 Å². The highest BCUT2D eigenvalue weighted by Crippen LogP contribution is 2.24. The lowest BCUT2D eigenvalue weighted by atomic mass is 10.2. The molecule has 0 aromatic heterocycles. The van der Waals surface area contributed by atoms with E-state index in [0.29, 0.717) is 23.7 Å². The summed E-state index contributed by atoms with van der Waals surface area (Å²) in [6.45, 7) is 0.992. The van der Waals surface area contributed by atoms with Crippen LogP contribution in [0.25, 0.3) is 0 Å². The number of phenols is 1. The molecule has 5 heteroatoms. The van der Waals surface area contributed by atoms with Crippen molar-refractivity contribution in [2.24, 2.45) is 0 Å². The second kappa shape index (κ2) is 6.70. The van der Waals surface area contributed by atoms with Crippen molar-refractivity contribution in [3.8, 4) is 5.75 Å². The number of halogens is 1. The van der Waals surface area contributed by atoms with Crippen LogP contribution in [0.3, 0.4) is 0 Å². The molecule has 90 valence electrons. The Labute approximate surface area is 100 Å². The topological polar surface area (TPSA) is 50.7 Å². The first-order valence-electron chi connectivity index (χ1n) is 4.91. The van der Waals surface area contributed by atoms with E-state index in [0.717, 1.165) is 0 Å². The predicted molar refractivity (Wildman–Crippen MR) is 62.6 cm³/mol. The van der Waals surface area contributed by atoms with Gasteiger partial charge in [-0.05, 0) is 12.1 Å². The standard InChI is InChI=1S/C11H16ClNO3/c1-15-11(16-2)7-13-6-8-9(12)4-3-5-10(8)14/h3-5,11,13-14H,6-7H2,1-2H3. The Bertz CT molecular complexity index is 309. The largest absolute Gasteiger partial charge is 0.508 e. The number of phenolic OH excluding ortho intramolecular Hbond substituents is 1. The van der Waals surface area contributed by atoms with Crippen LogP contribution >= 0.6 is 11.6 Å². The maximum absolute atomic E-state index is 9.58. The Kier molecular flexibility index (Phi) is 5.55. The third-order valence-electron chi connectivity index (χ3n) is 2.23. The van der Waals surface area contributed by atoms with Gasteiger partial charge in [-0.3, -0.25) is 0 Å². The summed E-state index contributed by atoms with van der Waals surface area (Å²) in [6.07, 6.45) is -0.301. The van der Waals surface area contributed by atoms with Gasteiger partial charge in [0.25, 0.3) is 0 Å². The van der Waals surface area contributed by atoms with Crippen LogP contribution in [0, 0.1) is 0 Å². The zero-order valence-electron chi connectivity index (χ0n) is 9.37. The van der Waals surface area contributed by atoms with E-state index in [1.807, 2.05) is 0 Å². The zero-order valence-corrected chi connectivity index (χ0v) is 10.1. The van der Waals surface area contributed by atoms with Gasteiger partial charge in [-0.1, -0.05) is 17.7 Å². The summed E-state index contributed by atoms with van der Waals surface area (Å²) in [7, 11) is 3.14. The van der Waals surface area contributed by atoms with E-state index >= 15 is 0 Å². The van der Waals surface area contributed by atoms with E-state index in [1.54, 1.807) is 32.4 Å². The summed E-state index contributed by atoms with van der Waals surface area (Å²) in [5.74, 6) is 0.186. The average Bonchev–Trinajstić information content (AvgIpc) is 2.28. The molecule has 0 saturated heterocycles. The fourth-order valence-corrected chi connectivity index (χ4v) is 1.54. The van der Waals surface area contributed by atoms with Crippen LogP contribution in [0.4, 0.5) is 0 Å². The maximum Gasteiger partial charge on any atom is 0.169 e. The third-order valence-corrected chi connectivity index (χ3v) is 2.59. The summed E-state index contributed by atoms with van der Waals surface area (Å²) in [6, 6.07) is 5.05. The maximum atomic E-state index is 9.58. The molecule has 4 nitrogen and oxygen atoms in total. The van der Waals surface area contributed by atoms with Gasteiger partial charge in [-0.2, -0.15) is 0 Å². The lowest BCUT2D eigenvalue weighted by molar-refractivity contribution is -0.0989. The number of ether oxygens (including phenoxy) is 2. The van der Waals surface area contributed by atoms with Crippen LogP contribution < -0.4 is 5.32 Å². The summed E-state index contributed by atoms with van der Waals surface area (Å²) < 4.78 is 10.0. The van der Waals surface area contributed by atoms with Crippen molar-refractivity contribution in [1.29, 1.82) is 0 Å². The normalized spacial score (nSPS) is 11.0. The van der Waals surface area contributed by atoms with Crippen molar-refractivity contribution in [1.82, 2.24) is 5.32 Å². The van der Waals surface area contributed by atoms with Crippen molar-refractivity contribution in [2.75, 3.05) is 20.8 Å². The van der Waals surface area contributed by atoms with Gasteiger partial charge in [0.15, 0.2) is 6.29 Å². The molecule has 0 bridgehead atoms. The first kappa shape index (κ1) is 13.3. The van der Waals surface area contributed by atoms with Gasteiger partial charge < -0.3 is 19.9 Å². The molecule has 0 unspecified atom stereocenters. The molecule has 2 N–H and O–H groups in total. The highest BCUT2D eigenvalue weighted by molar-refractivity contribution is 6.31. The Morgan fingerprint density at radius 1 is 1.38 bits per heavy atom. The highest BCUT2D eigenvalue weighted by Gasteiger charge is 2.08. The molecule has 0 aliphatic carbocycles. The number of aromatic hydroxyl groups is 1. The van der Waals surface area contributed by atoms with E-state index in [9.17, 15) is 5.11 Å². The second-order valence-corrected chi connectivity index (χ2v) is 3.68. The first-order valence-corrected chi connectivity index (χ1v) is 5.29. The van der Waals surface area contributed by atoms with Crippen molar-refractivity contribution < 1.29 is 14.6 Å². The van der Waals surface area contributed by atoms with Crippen molar-refractivity contribution in [2.45, 2.75) is 12.8 Å². The van der Waals surface area contributed by atoms with Gasteiger partial charge in [0.05, 0.1) is 0 Å². The number of hydrogen-bond acceptors (Lipinski definition) is 4. The molecule has 0 saturated carbocycles. The fourth-order valence-electron chi connectivity index (χ4n) is 1.30. The Hall–Kier alpha value is -0.810. The summed E-state index contributed by atoms with van der Waals surface area (Å²) in [5, 5.41) is 13.2. The van der Waals surface area contributed by atoms with Gasteiger partial charge in [0.1, 0.15) is 5.75 Å². The van der Waals surface area contributed by atoms with Crippen LogP contribution in [0.1, 0.15) is 5.56 Å². The quantitative estimate of drug-likeness (QED) is 0.750. The predicted octanol–water partition coefficient (Wildman–Crippen LogP) is 1.75.